The SMILES string of the molecule is CC1=NN(c2ccc(S(=O)(=O)O)cc2)C(=O)C1=Cc1ccc(OCOc2ccc(CC3C(=O)N(c4ccc(S(=O)(=O)O)cc4)N=C3C)cc2)cc1. The fourth-order valence-corrected chi connectivity index (χ4v) is 6.31. The van der Waals surface area contributed by atoms with Crippen LogP contribution in [0.2, 0.25) is 0 Å². The third-order valence-corrected chi connectivity index (χ3v) is 9.83. The quantitative estimate of drug-likeness (QED) is 0.121. The van der Waals surface area contributed by atoms with Crippen molar-refractivity contribution in [2.45, 2.75) is 30.1 Å². The summed E-state index contributed by atoms with van der Waals surface area (Å²) in [6.07, 6.45) is 2.08. The summed E-state index contributed by atoms with van der Waals surface area (Å²) in [6.45, 7) is 3.37. The van der Waals surface area contributed by atoms with Gasteiger partial charge in [-0.1, -0.05) is 24.3 Å². The Bertz CT molecular complexity index is 2300. The lowest BCUT2D eigenvalue weighted by atomic mass is 9.95. The smallest absolute Gasteiger partial charge is 0.294 e. The van der Waals surface area contributed by atoms with E-state index in [0.717, 1.165) is 16.1 Å². The normalized spacial score (nSPS) is 17.2. The maximum absolute atomic E-state index is 13.1. The Kier molecular flexibility index (Phi) is 9.59. The molecular formula is C35H30N4O10S2. The van der Waals surface area contributed by atoms with Gasteiger partial charge in [-0.05, 0) is 110 Å². The molecule has 0 fully saturated rings. The monoisotopic (exact) mass is 730 g/mol. The Morgan fingerprint density at radius 1 is 0.686 bits per heavy atom. The van der Waals surface area contributed by atoms with Gasteiger partial charge in [0.25, 0.3) is 32.1 Å². The molecule has 4 aromatic rings. The summed E-state index contributed by atoms with van der Waals surface area (Å²) in [5.74, 6) is -0.0674. The maximum atomic E-state index is 13.1. The fraction of sp³-hybridized carbons (Fsp3) is 0.143. The van der Waals surface area contributed by atoms with Gasteiger partial charge in [-0.2, -0.15) is 32.0 Å². The van der Waals surface area contributed by atoms with Gasteiger partial charge in [-0.25, -0.2) is 5.01 Å². The molecule has 1 atom stereocenters. The molecule has 0 bridgehead atoms. The number of rotatable bonds is 11. The van der Waals surface area contributed by atoms with Gasteiger partial charge < -0.3 is 9.47 Å². The molecule has 0 aromatic heterocycles. The van der Waals surface area contributed by atoms with E-state index in [0.29, 0.717) is 46.3 Å². The summed E-state index contributed by atoms with van der Waals surface area (Å²) < 4.78 is 75.1. The van der Waals surface area contributed by atoms with Crippen molar-refractivity contribution in [3.63, 3.8) is 0 Å². The highest BCUT2D eigenvalue weighted by atomic mass is 32.2. The lowest BCUT2D eigenvalue weighted by Gasteiger charge is -2.15. The van der Waals surface area contributed by atoms with E-state index in [1.165, 1.54) is 53.5 Å². The van der Waals surface area contributed by atoms with Crippen LogP contribution in [0.3, 0.4) is 0 Å². The number of carbonyl (C=O) groups excluding carboxylic acids is 2. The van der Waals surface area contributed by atoms with Crippen LogP contribution in [-0.2, 0) is 36.2 Å². The van der Waals surface area contributed by atoms with Crippen molar-refractivity contribution in [1.29, 1.82) is 0 Å². The van der Waals surface area contributed by atoms with Gasteiger partial charge in [0.15, 0.2) is 0 Å². The first-order valence-electron chi connectivity index (χ1n) is 15.3. The third-order valence-electron chi connectivity index (χ3n) is 8.10. The lowest BCUT2D eigenvalue weighted by molar-refractivity contribution is -0.119. The Hall–Kier alpha value is -5.68. The molecule has 0 radical (unpaired) electrons. The molecule has 0 saturated heterocycles. The van der Waals surface area contributed by atoms with E-state index in [2.05, 4.69) is 10.2 Å². The number of hydrogen-bond donors (Lipinski definition) is 2. The van der Waals surface area contributed by atoms with Crippen LogP contribution in [0.4, 0.5) is 11.4 Å². The molecule has 0 aliphatic carbocycles. The zero-order valence-corrected chi connectivity index (χ0v) is 28.7. The summed E-state index contributed by atoms with van der Waals surface area (Å²) in [4.78, 5) is 25.6. The predicted octanol–water partition coefficient (Wildman–Crippen LogP) is 4.98. The largest absolute Gasteiger partial charge is 0.458 e. The molecule has 6 rings (SSSR count). The average molecular weight is 731 g/mol. The Morgan fingerprint density at radius 2 is 1.18 bits per heavy atom. The van der Waals surface area contributed by atoms with Crippen LogP contribution in [0.5, 0.6) is 11.5 Å². The summed E-state index contributed by atoms with van der Waals surface area (Å²) in [7, 11) is -8.71. The molecule has 0 saturated carbocycles. The molecule has 51 heavy (non-hydrogen) atoms. The molecule has 14 nitrogen and oxygen atoms in total. The van der Waals surface area contributed by atoms with Crippen molar-refractivity contribution in [2.24, 2.45) is 16.1 Å². The molecule has 2 aliphatic heterocycles. The number of hydrogen-bond acceptors (Lipinski definition) is 10. The van der Waals surface area contributed by atoms with Crippen LogP contribution in [0, 0.1) is 5.92 Å². The van der Waals surface area contributed by atoms with E-state index in [1.807, 2.05) is 12.1 Å². The van der Waals surface area contributed by atoms with Gasteiger partial charge in [0.1, 0.15) is 11.5 Å². The average Bonchev–Trinajstić information content (AvgIpc) is 3.54. The molecular weight excluding hydrogens is 701 g/mol. The maximum Gasteiger partial charge on any atom is 0.294 e. The zero-order valence-electron chi connectivity index (χ0n) is 27.1. The van der Waals surface area contributed by atoms with Crippen molar-refractivity contribution in [3.8, 4) is 11.5 Å². The van der Waals surface area contributed by atoms with Gasteiger partial charge in [-0.3, -0.25) is 18.7 Å². The van der Waals surface area contributed by atoms with Crippen LogP contribution in [0.1, 0.15) is 25.0 Å². The first-order chi connectivity index (χ1) is 24.2. The molecule has 16 heteroatoms. The summed E-state index contributed by atoms with van der Waals surface area (Å²) in [6, 6.07) is 24.6. The molecule has 2 heterocycles. The number of benzene rings is 4. The molecule has 1 unspecified atom stereocenters. The summed E-state index contributed by atoms with van der Waals surface area (Å²) in [5, 5.41) is 11.0. The third kappa shape index (κ3) is 7.89. The van der Waals surface area contributed by atoms with Crippen molar-refractivity contribution in [3.05, 3.63) is 114 Å². The molecule has 2 N–H and O–H groups in total. The standard InChI is InChI=1S/C35H30N4O10S2/c1-22-32(34(40)38(36-22)26-7-15-30(16-8-26)50(42,43)44)19-24-3-11-28(12-4-24)48-21-49-29-13-5-25(6-14-29)20-33-23(2)37-39(35(33)41)27-9-17-31(18-10-27)51(45,46)47/h3-19,33H,20-21H2,1-2H3,(H,42,43,44)(H,45,46,47). The Labute approximate surface area is 293 Å². The number of hydrazone groups is 2. The van der Waals surface area contributed by atoms with Crippen LogP contribution >= 0.6 is 0 Å². The van der Waals surface area contributed by atoms with Crippen molar-refractivity contribution >= 4 is 60.9 Å². The highest BCUT2D eigenvalue weighted by molar-refractivity contribution is 7.86. The van der Waals surface area contributed by atoms with Crippen LogP contribution < -0.4 is 19.5 Å². The minimum absolute atomic E-state index is 0.0758. The second-order valence-corrected chi connectivity index (χ2v) is 14.4. The number of amides is 2. The number of carbonyl (C=O) groups is 2. The number of ether oxygens (including phenoxy) is 2. The number of anilines is 2. The van der Waals surface area contributed by atoms with E-state index < -0.39 is 32.1 Å². The van der Waals surface area contributed by atoms with E-state index >= 15 is 0 Å². The minimum Gasteiger partial charge on any atom is -0.458 e. The van der Waals surface area contributed by atoms with E-state index in [9.17, 15) is 35.5 Å². The van der Waals surface area contributed by atoms with Crippen LogP contribution in [0.25, 0.3) is 6.08 Å². The highest BCUT2D eigenvalue weighted by Crippen LogP contribution is 2.29. The molecule has 262 valence electrons. The van der Waals surface area contributed by atoms with Crippen LogP contribution in [0.15, 0.2) is 123 Å². The second-order valence-electron chi connectivity index (χ2n) is 11.6. The van der Waals surface area contributed by atoms with E-state index in [1.54, 1.807) is 56.3 Å². The summed E-state index contributed by atoms with van der Waals surface area (Å²) >= 11 is 0. The lowest BCUT2D eigenvalue weighted by Crippen LogP contribution is -2.28. The van der Waals surface area contributed by atoms with E-state index in [4.69, 9.17) is 9.47 Å². The predicted molar refractivity (Wildman–Crippen MR) is 188 cm³/mol. The highest BCUT2D eigenvalue weighted by Gasteiger charge is 2.34. The first kappa shape index (κ1) is 35.2. The topological polar surface area (TPSA) is 193 Å². The van der Waals surface area contributed by atoms with Crippen molar-refractivity contribution < 1.29 is 45.0 Å². The second kappa shape index (κ2) is 13.9. The first-order valence-corrected chi connectivity index (χ1v) is 18.2. The molecule has 4 aromatic carbocycles. The minimum atomic E-state index is -4.36. The fourth-order valence-electron chi connectivity index (χ4n) is 5.35. The van der Waals surface area contributed by atoms with E-state index in [-0.39, 0.29) is 22.5 Å². The summed E-state index contributed by atoms with van der Waals surface area (Å²) in [5.41, 5.74) is 3.78. The van der Waals surface area contributed by atoms with Crippen LogP contribution in [-0.4, -0.2) is 56.0 Å². The van der Waals surface area contributed by atoms with Gasteiger partial charge in [0.05, 0.1) is 38.4 Å². The Balaban J connectivity index is 0.998. The molecule has 2 aliphatic rings. The number of nitrogens with zero attached hydrogens (tertiary/aromatic N) is 4. The zero-order chi connectivity index (χ0) is 36.5. The van der Waals surface area contributed by atoms with Gasteiger partial charge >= 0.3 is 0 Å². The van der Waals surface area contributed by atoms with Gasteiger partial charge in [0.2, 0.25) is 6.79 Å². The van der Waals surface area contributed by atoms with Gasteiger partial charge in [0, 0.05) is 5.71 Å². The van der Waals surface area contributed by atoms with Gasteiger partial charge in [-0.15, -0.1) is 0 Å². The van der Waals surface area contributed by atoms with Crippen molar-refractivity contribution in [1.82, 2.24) is 0 Å². The Morgan fingerprint density at radius 3 is 1.69 bits per heavy atom. The van der Waals surface area contributed by atoms with Crippen molar-refractivity contribution in [2.75, 3.05) is 16.8 Å². The molecule has 2 amide bonds. The molecule has 0 spiro atoms.